The fourth-order valence-electron chi connectivity index (χ4n) is 4.30. The second-order valence-electron chi connectivity index (χ2n) is 8.46. The average molecular weight is 280 g/mol. The molecule has 0 aliphatic heterocycles. The third kappa shape index (κ3) is 4.21. The van der Waals surface area contributed by atoms with Crippen LogP contribution in [0.3, 0.4) is 0 Å². The number of nitrogens with two attached hydrogens (primary N) is 1. The molecule has 0 unspecified atom stereocenters. The quantitative estimate of drug-likeness (QED) is 0.759. The van der Waals surface area contributed by atoms with E-state index in [1.807, 2.05) is 0 Å². The summed E-state index contributed by atoms with van der Waals surface area (Å²) in [5.74, 6) is 0.873. The van der Waals surface area contributed by atoms with Gasteiger partial charge in [0, 0.05) is 18.1 Å². The lowest BCUT2D eigenvalue weighted by Crippen LogP contribution is -2.57. The van der Waals surface area contributed by atoms with Crippen LogP contribution in [0.1, 0.15) is 85.0 Å². The van der Waals surface area contributed by atoms with Gasteiger partial charge in [-0.25, -0.2) is 0 Å². The van der Waals surface area contributed by atoms with Crippen LogP contribution in [0.25, 0.3) is 0 Å². The maximum Gasteiger partial charge on any atom is 0.0306 e. The van der Waals surface area contributed by atoms with E-state index in [2.05, 4.69) is 26.1 Å². The van der Waals surface area contributed by atoms with Gasteiger partial charge in [0.25, 0.3) is 0 Å². The third-order valence-electron chi connectivity index (χ3n) is 5.92. The molecular formula is C18H36N2. The van der Waals surface area contributed by atoms with Crippen molar-refractivity contribution in [3.8, 4) is 0 Å². The highest BCUT2D eigenvalue weighted by molar-refractivity contribution is 4.97. The second kappa shape index (κ2) is 6.79. The van der Waals surface area contributed by atoms with Gasteiger partial charge in [-0.15, -0.1) is 0 Å². The Balaban J connectivity index is 1.90. The first-order chi connectivity index (χ1) is 9.45. The van der Waals surface area contributed by atoms with Crippen LogP contribution in [0, 0.1) is 11.3 Å². The first-order valence-electron chi connectivity index (χ1n) is 8.93. The topological polar surface area (TPSA) is 38.0 Å². The Morgan fingerprint density at radius 1 is 0.950 bits per heavy atom. The minimum absolute atomic E-state index is 0.247. The maximum absolute atomic E-state index is 6.19. The van der Waals surface area contributed by atoms with Gasteiger partial charge in [-0.1, -0.05) is 46.5 Å². The second-order valence-corrected chi connectivity index (χ2v) is 8.46. The molecule has 0 radical (unpaired) electrons. The molecule has 2 rings (SSSR count). The van der Waals surface area contributed by atoms with Crippen LogP contribution in [0.2, 0.25) is 0 Å². The zero-order valence-corrected chi connectivity index (χ0v) is 14.0. The fraction of sp³-hybridized carbons (Fsp3) is 1.00. The van der Waals surface area contributed by atoms with Crippen molar-refractivity contribution >= 4 is 0 Å². The standard InChI is InChI=1S/C18H36N2/c1-17(2,3)15-10-12-18(14-19,13-11-15)20-16-8-6-4-5-7-9-16/h15-16,20H,4-14,19H2,1-3H3. The summed E-state index contributed by atoms with van der Waals surface area (Å²) in [5, 5.41) is 4.01. The number of hydrogen-bond donors (Lipinski definition) is 2. The molecule has 118 valence electrons. The van der Waals surface area contributed by atoms with Gasteiger partial charge in [-0.05, 0) is 49.9 Å². The van der Waals surface area contributed by atoms with Crippen LogP contribution < -0.4 is 11.1 Å². The van der Waals surface area contributed by atoms with E-state index in [1.54, 1.807) is 0 Å². The third-order valence-corrected chi connectivity index (χ3v) is 5.92. The number of nitrogens with one attached hydrogen (secondary N) is 1. The van der Waals surface area contributed by atoms with Crippen molar-refractivity contribution < 1.29 is 0 Å². The van der Waals surface area contributed by atoms with E-state index in [-0.39, 0.29) is 5.54 Å². The molecule has 0 aromatic heterocycles. The van der Waals surface area contributed by atoms with Gasteiger partial charge in [0.2, 0.25) is 0 Å². The van der Waals surface area contributed by atoms with Crippen molar-refractivity contribution in [2.45, 2.75) is 96.6 Å². The Kier molecular flexibility index (Phi) is 5.53. The van der Waals surface area contributed by atoms with Crippen LogP contribution in [-0.4, -0.2) is 18.1 Å². The molecule has 20 heavy (non-hydrogen) atoms. The van der Waals surface area contributed by atoms with E-state index in [0.717, 1.165) is 18.5 Å². The van der Waals surface area contributed by atoms with E-state index in [4.69, 9.17) is 5.73 Å². The molecule has 2 aliphatic rings. The van der Waals surface area contributed by atoms with E-state index < -0.39 is 0 Å². The molecule has 0 aromatic carbocycles. The van der Waals surface area contributed by atoms with Gasteiger partial charge in [-0.3, -0.25) is 0 Å². The molecule has 2 aliphatic carbocycles. The zero-order chi connectivity index (χ0) is 14.6. The van der Waals surface area contributed by atoms with Crippen molar-refractivity contribution in [3.63, 3.8) is 0 Å². The monoisotopic (exact) mass is 280 g/mol. The average Bonchev–Trinajstić information content (AvgIpc) is 2.67. The van der Waals surface area contributed by atoms with Crippen LogP contribution in [-0.2, 0) is 0 Å². The molecule has 0 saturated heterocycles. The van der Waals surface area contributed by atoms with E-state index in [0.29, 0.717) is 5.41 Å². The molecule has 0 amide bonds. The Labute approximate surface area is 126 Å². The van der Waals surface area contributed by atoms with Gasteiger partial charge in [-0.2, -0.15) is 0 Å². The van der Waals surface area contributed by atoms with E-state index in [1.165, 1.54) is 64.2 Å². The molecule has 0 heterocycles. The largest absolute Gasteiger partial charge is 0.329 e. The van der Waals surface area contributed by atoms with Crippen molar-refractivity contribution in [2.24, 2.45) is 17.1 Å². The van der Waals surface area contributed by atoms with Gasteiger partial charge < -0.3 is 11.1 Å². The molecular weight excluding hydrogens is 244 g/mol. The molecule has 0 bridgehead atoms. The van der Waals surface area contributed by atoms with Gasteiger partial charge in [0.05, 0.1) is 0 Å². The van der Waals surface area contributed by atoms with Gasteiger partial charge in [0.1, 0.15) is 0 Å². The molecule has 3 N–H and O–H groups in total. The summed E-state index contributed by atoms with van der Waals surface area (Å²) < 4.78 is 0. The van der Waals surface area contributed by atoms with Crippen LogP contribution in [0.4, 0.5) is 0 Å². The Bertz CT molecular complexity index is 276. The van der Waals surface area contributed by atoms with Crippen molar-refractivity contribution in [1.82, 2.24) is 5.32 Å². The molecule has 2 fully saturated rings. The molecule has 0 atom stereocenters. The van der Waals surface area contributed by atoms with Crippen molar-refractivity contribution in [3.05, 3.63) is 0 Å². The van der Waals surface area contributed by atoms with Crippen molar-refractivity contribution in [2.75, 3.05) is 6.54 Å². The summed E-state index contributed by atoms with van der Waals surface area (Å²) >= 11 is 0. The first-order valence-corrected chi connectivity index (χ1v) is 8.93. The number of rotatable bonds is 3. The molecule has 2 saturated carbocycles. The lowest BCUT2D eigenvalue weighted by molar-refractivity contribution is 0.108. The SMILES string of the molecule is CC(C)(C)C1CCC(CN)(NC2CCCCCC2)CC1. The van der Waals surface area contributed by atoms with Gasteiger partial charge in [0.15, 0.2) is 0 Å². The highest BCUT2D eigenvalue weighted by Gasteiger charge is 2.38. The lowest BCUT2D eigenvalue weighted by Gasteiger charge is -2.46. The molecule has 2 heteroatoms. The highest BCUT2D eigenvalue weighted by atomic mass is 15.0. The predicted molar refractivity (Wildman–Crippen MR) is 87.8 cm³/mol. The molecule has 0 spiro atoms. The number of hydrogen-bond acceptors (Lipinski definition) is 2. The van der Waals surface area contributed by atoms with Crippen LogP contribution >= 0.6 is 0 Å². The Morgan fingerprint density at radius 2 is 1.50 bits per heavy atom. The fourth-order valence-corrected chi connectivity index (χ4v) is 4.30. The summed E-state index contributed by atoms with van der Waals surface area (Å²) in [7, 11) is 0. The highest BCUT2D eigenvalue weighted by Crippen LogP contribution is 2.41. The minimum Gasteiger partial charge on any atom is -0.329 e. The summed E-state index contributed by atoms with van der Waals surface area (Å²) in [6, 6.07) is 0.729. The summed E-state index contributed by atoms with van der Waals surface area (Å²) in [4.78, 5) is 0. The molecule has 0 aromatic rings. The lowest BCUT2D eigenvalue weighted by atomic mass is 9.67. The van der Waals surface area contributed by atoms with Crippen LogP contribution in [0.15, 0.2) is 0 Å². The normalized spacial score (nSPS) is 33.9. The minimum atomic E-state index is 0.247. The summed E-state index contributed by atoms with van der Waals surface area (Å²) in [5.41, 5.74) is 6.89. The Hall–Kier alpha value is -0.0800. The van der Waals surface area contributed by atoms with Crippen LogP contribution in [0.5, 0.6) is 0 Å². The predicted octanol–water partition coefficient (Wildman–Crippen LogP) is 4.23. The van der Waals surface area contributed by atoms with Crippen molar-refractivity contribution in [1.29, 1.82) is 0 Å². The van der Waals surface area contributed by atoms with E-state index in [9.17, 15) is 0 Å². The summed E-state index contributed by atoms with van der Waals surface area (Å²) in [6.45, 7) is 8.00. The van der Waals surface area contributed by atoms with E-state index >= 15 is 0 Å². The zero-order valence-electron chi connectivity index (χ0n) is 14.0. The summed E-state index contributed by atoms with van der Waals surface area (Å²) in [6.07, 6.45) is 13.7. The molecule has 2 nitrogen and oxygen atoms in total. The first kappa shape index (κ1) is 16.3. The maximum atomic E-state index is 6.19. The smallest absolute Gasteiger partial charge is 0.0306 e. The van der Waals surface area contributed by atoms with Gasteiger partial charge >= 0.3 is 0 Å². The Morgan fingerprint density at radius 3 is 1.95 bits per heavy atom.